The monoisotopic (exact) mass is 235 g/mol. The molecule has 0 saturated heterocycles. The van der Waals surface area contributed by atoms with Gasteiger partial charge in [0, 0.05) is 18.1 Å². The Hall–Kier alpha value is -1.21. The largest absolute Gasteiger partial charge is 0.461 e. The van der Waals surface area contributed by atoms with Crippen LogP contribution in [0.4, 0.5) is 0 Å². The van der Waals surface area contributed by atoms with Gasteiger partial charge in [-0.1, -0.05) is 0 Å². The van der Waals surface area contributed by atoms with Gasteiger partial charge in [0.1, 0.15) is 0 Å². The second kappa shape index (κ2) is 8.00. The summed E-state index contributed by atoms with van der Waals surface area (Å²) in [4.78, 5) is 21.3. The molecule has 0 aromatic rings. The molecule has 0 aliphatic carbocycles. The molecule has 0 aliphatic heterocycles. The molecule has 0 rings (SSSR count). The van der Waals surface area contributed by atoms with Crippen molar-refractivity contribution in [3.63, 3.8) is 0 Å². The molecule has 0 aromatic heterocycles. The van der Waals surface area contributed by atoms with Gasteiger partial charge < -0.3 is 14.2 Å². The fraction of sp³-hybridized carbons (Fsp3) is 0.889. The van der Waals surface area contributed by atoms with Crippen LogP contribution in [-0.2, 0) is 19.0 Å². The van der Waals surface area contributed by atoms with Gasteiger partial charge in [0.25, 0.3) is 0 Å². The van der Waals surface area contributed by atoms with Crippen LogP contribution < -0.4 is 0 Å². The Morgan fingerprint density at radius 2 is 1.69 bits per heavy atom. The topological polar surface area (TPSA) is 87.9 Å². The van der Waals surface area contributed by atoms with Gasteiger partial charge in [0.15, 0.2) is 0 Å². The Bertz CT molecular complexity index is 226. The van der Waals surface area contributed by atoms with E-state index in [-0.39, 0.29) is 19.8 Å². The summed E-state index contributed by atoms with van der Waals surface area (Å²) in [7, 11) is 0. The van der Waals surface area contributed by atoms with Gasteiger partial charge >= 0.3 is 12.0 Å². The van der Waals surface area contributed by atoms with Crippen molar-refractivity contribution in [2.24, 2.45) is 0 Å². The maximum atomic E-state index is 11.4. The molecule has 0 radical (unpaired) electrons. The lowest BCUT2D eigenvalue weighted by atomic mass is 10.3. The van der Waals surface area contributed by atoms with Crippen molar-refractivity contribution in [3.8, 4) is 0 Å². The standard InChI is InChI=1S/C9H17NO6/c1-4-14-8(11)7(10(12)13)9(15-5-2)16-6-3/h7,9H,4-6H2,1-3H3. The van der Waals surface area contributed by atoms with Crippen molar-refractivity contribution in [2.75, 3.05) is 19.8 Å². The van der Waals surface area contributed by atoms with E-state index in [2.05, 4.69) is 4.74 Å². The van der Waals surface area contributed by atoms with Crippen LogP contribution in [0.3, 0.4) is 0 Å². The first-order chi connectivity index (χ1) is 7.58. The number of hydrogen-bond acceptors (Lipinski definition) is 6. The average molecular weight is 235 g/mol. The van der Waals surface area contributed by atoms with Crippen LogP contribution >= 0.6 is 0 Å². The lowest BCUT2D eigenvalue weighted by molar-refractivity contribution is -0.536. The lowest BCUT2D eigenvalue weighted by Crippen LogP contribution is -2.45. The third-order valence-electron chi connectivity index (χ3n) is 1.67. The Balaban J connectivity index is 4.68. The quantitative estimate of drug-likeness (QED) is 0.265. The number of esters is 1. The Morgan fingerprint density at radius 3 is 2.00 bits per heavy atom. The van der Waals surface area contributed by atoms with Crippen LogP contribution in [0, 0.1) is 10.1 Å². The Labute approximate surface area is 93.8 Å². The summed E-state index contributed by atoms with van der Waals surface area (Å²) in [6.07, 6.45) is -1.20. The molecule has 0 aliphatic rings. The molecular weight excluding hydrogens is 218 g/mol. The summed E-state index contributed by atoms with van der Waals surface area (Å²) < 4.78 is 14.6. The average Bonchev–Trinajstić information content (AvgIpc) is 2.18. The van der Waals surface area contributed by atoms with Crippen molar-refractivity contribution in [2.45, 2.75) is 33.1 Å². The van der Waals surface area contributed by atoms with Crippen LogP contribution in [0.2, 0.25) is 0 Å². The van der Waals surface area contributed by atoms with E-state index in [1.165, 1.54) is 0 Å². The molecule has 0 spiro atoms. The number of rotatable bonds is 8. The molecule has 7 nitrogen and oxygen atoms in total. The Morgan fingerprint density at radius 1 is 1.19 bits per heavy atom. The molecule has 0 fully saturated rings. The first-order valence-corrected chi connectivity index (χ1v) is 5.11. The molecule has 0 amide bonds. The zero-order valence-electron chi connectivity index (χ0n) is 9.67. The molecule has 0 aromatic carbocycles. The fourth-order valence-electron chi connectivity index (χ4n) is 1.08. The van der Waals surface area contributed by atoms with E-state index in [4.69, 9.17) is 9.47 Å². The number of carbonyl (C=O) groups is 1. The van der Waals surface area contributed by atoms with E-state index >= 15 is 0 Å². The number of carbonyl (C=O) groups excluding carboxylic acids is 1. The molecule has 94 valence electrons. The predicted octanol–water partition coefficient (Wildman–Crippen LogP) is 0.594. The van der Waals surface area contributed by atoms with Gasteiger partial charge in [-0.3, -0.25) is 10.1 Å². The molecule has 1 unspecified atom stereocenters. The fourth-order valence-corrected chi connectivity index (χ4v) is 1.08. The molecular formula is C9H17NO6. The predicted molar refractivity (Wildman–Crippen MR) is 54.5 cm³/mol. The van der Waals surface area contributed by atoms with Gasteiger partial charge in [0.2, 0.25) is 6.29 Å². The van der Waals surface area contributed by atoms with Crippen molar-refractivity contribution in [1.82, 2.24) is 0 Å². The van der Waals surface area contributed by atoms with Crippen molar-refractivity contribution in [3.05, 3.63) is 10.1 Å². The van der Waals surface area contributed by atoms with E-state index in [1.54, 1.807) is 20.8 Å². The molecule has 0 heterocycles. The summed E-state index contributed by atoms with van der Waals surface area (Å²) in [5.41, 5.74) is 0. The zero-order chi connectivity index (χ0) is 12.6. The normalized spacial score (nSPS) is 12.5. The minimum atomic E-state index is -1.64. The summed E-state index contributed by atoms with van der Waals surface area (Å²) in [5, 5.41) is 10.8. The highest BCUT2D eigenvalue weighted by Crippen LogP contribution is 2.08. The second-order valence-electron chi connectivity index (χ2n) is 2.76. The summed E-state index contributed by atoms with van der Waals surface area (Å²) in [6.45, 7) is 5.41. The third kappa shape index (κ3) is 4.54. The van der Waals surface area contributed by atoms with Crippen LogP contribution in [0.5, 0.6) is 0 Å². The molecule has 0 bridgehead atoms. The van der Waals surface area contributed by atoms with Crippen LogP contribution in [0.15, 0.2) is 0 Å². The van der Waals surface area contributed by atoms with Gasteiger partial charge in [0.05, 0.1) is 6.61 Å². The molecule has 1 atom stereocenters. The zero-order valence-corrected chi connectivity index (χ0v) is 9.67. The minimum Gasteiger partial charge on any atom is -0.461 e. The first-order valence-electron chi connectivity index (χ1n) is 5.11. The molecule has 16 heavy (non-hydrogen) atoms. The Kier molecular flexibility index (Phi) is 7.40. The number of hydrogen-bond donors (Lipinski definition) is 0. The molecule has 0 N–H and O–H groups in total. The maximum absolute atomic E-state index is 11.4. The van der Waals surface area contributed by atoms with E-state index in [0.717, 1.165) is 0 Å². The summed E-state index contributed by atoms with van der Waals surface area (Å²) in [6, 6.07) is -1.64. The van der Waals surface area contributed by atoms with Crippen LogP contribution in [-0.4, -0.2) is 43.0 Å². The number of nitro groups is 1. The highest BCUT2D eigenvalue weighted by atomic mass is 16.7. The third-order valence-corrected chi connectivity index (χ3v) is 1.67. The smallest absolute Gasteiger partial charge is 0.387 e. The van der Waals surface area contributed by atoms with E-state index in [0.29, 0.717) is 0 Å². The molecule has 7 heteroatoms. The summed E-state index contributed by atoms with van der Waals surface area (Å²) in [5.74, 6) is -0.945. The van der Waals surface area contributed by atoms with Crippen molar-refractivity contribution in [1.29, 1.82) is 0 Å². The number of nitrogens with zero attached hydrogens (tertiary/aromatic N) is 1. The van der Waals surface area contributed by atoms with Crippen LogP contribution in [0.25, 0.3) is 0 Å². The van der Waals surface area contributed by atoms with Gasteiger partial charge in [-0.25, -0.2) is 4.79 Å². The van der Waals surface area contributed by atoms with E-state index in [1.807, 2.05) is 0 Å². The summed E-state index contributed by atoms with van der Waals surface area (Å²) >= 11 is 0. The van der Waals surface area contributed by atoms with Crippen molar-refractivity contribution >= 4 is 5.97 Å². The van der Waals surface area contributed by atoms with Gasteiger partial charge in [-0.2, -0.15) is 0 Å². The molecule has 0 saturated carbocycles. The van der Waals surface area contributed by atoms with Crippen LogP contribution in [0.1, 0.15) is 20.8 Å². The van der Waals surface area contributed by atoms with Gasteiger partial charge in [-0.05, 0) is 20.8 Å². The van der Waals surface area contributed by atoms with Gasteiger partial charge in [-0.15, -0.1) is 0 Å². The lowest BCUT2D eigenvalue weighted by Gasteiger charge is -2.19. The highest BCUT2D eigenvalue weighted by Gasteiger charge is 2.41. The minimum absolute atomic E-state index is 0.0775. The number of ether oxygens (including phenoxy) is 3. The van der Waals surface area contributed by atoms with E-state index < -0.39 is 23.2 Å². The van der Waals surface area contributed by atoms with E-state index in [9.17, 15) is 14.9 Å². The van der Waals surface area contributed by atoms with Crippen molar-refractivity contribution < 1.29 is 23.9 Å². The maximum Gasteiger partial charge on any atom is 0.387 e. The first kappa shape index (κ1) is 14.8. The highest BCUT2D eigenvalue weighted by molar-refractivity contribution is 5.74. The second-order valence-corrected chi connectivity index (χ2v) is 2.76. The SMILES string of the molecule is CCOC(=O)C(C(OCC)OCC)[N+](=O)[O-].